The second-order valence-corrected chi connectivity index (χ2v) is 4.87. The maximum absolute atomic E-state index is 11.7. The number of nitrogens with one attached hydrogen (secondary N) is 1. The summed E-state index contributed by atoms with van der Waals surface area (Å²) in [7, 11) is 0. The van der Waals surface area contributed by atoms with Gasteiger partial charge in [0.2, 0.25) is 11.8 Å². The lowest BCUT2D eigenvalue weighted by atomic mass is 10.2. The summed E-state index contributed by atoms with van der Waals surface area (Å²) in [5.41, 5.74) is 0.550. The van der Waals surface area contributed by atoms with Gasteiger partial charge in [-0.25, -0.2) is 0 Å². The van der Waals surface area contributed by atoms with Crippen molar-refractivity contribution in [2.45, 2.75) is 20.3 Å². The van der Waals surface area contributed by atoms with Gasteiger partial charge in [-0.05, 0) is 24.6 Å². The molecule has 0 radical (unpaired) electrons. The minimum atomic E-state index is -0.231. The van der Waals surface area contributed by atoms with Crippen LogP contribution in [0.1, 0.15) is 20.3 Å². The zero-order chi connectivity index (χ0) is 14.4. The molecule has 4 nitrogen and oxygen atoms in total. The highest BCUT2D eigenvalue weighted by atomic mass is 35.5. The fourth-order valence-electron chi connectivity index (χ4n) is 1.50. The molecule has 1 aromatic rings. The maximum Gasteiger partial charge on any atom is 0.240 e. The van der Waals surface area contributed by atoms with E-state index >= 15 is 0 Å². The number of halogens is 2. The summed E-state index contributed by atoms with van der Waals surface area (Å²) in [6.45, 7) is 3.91. The Hall–Kier alpha value is -1.26. The van der Waals surface area contributed by atoms with E-state index in [1.165, 1.54) is 11.8 Å². The quantitative estimate of drug-likeness (QED) is 0.909. The zero-order valence-corrected chi connectivity index (χ0v) is 12.4. The van der Waals surface area contributed by atoms with Gasteiger partial charge in [0.25, 0.3) is 0 Å². The predicted molar refractivity (Wildman–Crippen MR) is 77.8 cm³/mol. The second kappa shape index (κ2) is 7.36. The van der Waals surface area contributed by atoms with Crippen LogP contribution in [0.3, 0.4) is 0 Å². The van der Waals surface area contributed by atoms with Crippen molar-refractivity contribution in [3.8, 4) is 0 Å². The maximum atomic E-state index is 11.7. The van der Waals surface area contributed by atoms with E-state index in [1.807, 2.05) is 6.92 Å². The van der Waals surface area contributed by atoms with Crippen LogP contribution >= 0.6 is 23.2 Å². The van der Waals surface area contributed by atoms with Crippen molar-refractivity contribution >= 4 is 40.7 Å². The van der Waals surface area contributed by atoms with Gasteiger partial charge in [-0.1, -0.05) is 30.1 Å². The third kappa shape index (κ3) is 4.73. The van der Waals surface area contributed by atoms with Crippen molar-refractivity contribution in [2.75, 3.05) is 18.0 Å². The largest absolute Gasteiger partial charge is 0.355 e. The van der Waals surface area contributed by atoms with E-state index < -0.39 is 0 Å². The van der Waals surface area contributed by atoms with Gasteiger partial charge < -0.3 is 10.2 Å². The molecule has 0 aliphatic rings. The summed E-state index contributed by atoms with van der Waals surface area (Å²) in [4.78, 5) is 24.7. The number of carbonyl (C=O) groups excluding carboxylic acids is 2. The van der Waals surface area contributed by atoms with Gasteiger partial charge in [-0.15, -0.1) is 0 Å². The van der Waals surface area contributed by atoms with E-state index in [1.54, 1.807) is 18.2 Å². The summed E-state index contributed by atoms with van der Waals surface area (Å²) in [6, 6.07) is 4.82. The number of hydrogen-bond acceptors (Lipinski definition) is 2. The van der Waals surface area contributed by atoms with E-state index in [0.717, 1.165) is 6.42 Å². The molecule has 0 fully saturated rings. The first-order valence-corrected chi connectivity index (χ1v) is 6.71. The number of amides is 2. The Morgan fingerprint density at radius 3 is 2.47 bits per heavy atom. The van der Waals surface area contributed by atoms with Crippen molar-refractivity contribution in [1.82, 2.24) is 5.32 Å². The first-order chi connectivity index (χ1) is 8.95. The summed E-state index contributed by atoms with van der Waals surface area (Å²) >= 11 is 11.7. The molecule has 1 N–H and O–H groups in total. The zero-order valence-electron chi connectivity index (χ0n) is 10.9. The van der Waals surface area contributed by atoms with Crippen molar-refractivity contribution in [3.63, 3.8) is 0 Å². The lowest BCUT2D eigenvalue weighted by Crippen LogP contribution is -2.40. The van der Waals surface area contributed by atoms with Crippen LogP contribution in [0.5, 0.6) is 0 Å². The summed E-state index contributed by atoms with van der Waals surface area (Å²) in [5.74, 6) is -0.437. The van der Waals surface area contributed by atoms with Crippen LogP contribution in [-0.4, -0.2) is 24.9 Å². The molecule has 0 bridgehead atoms. The molecular formula is C13H16Cl2N2O2. The van der Waals surface area contributed by atoms with Crippen LogP contribution in [0.4, 0.5) is 5.69 Å². The van der Waals surface area contributed by atoms with Gasteiger partial charge in [0.1, 0.15) is 6.54 Å². The summed E-state index contributed by atoms with van der Waals surface area (Å²) < 4.78 is 0. The van der Waals surface area contributed by atoms with Crippen molar-refractivity contribution in [3.05, 3.63) is 28.2 Å². The Balaban J connectivity index is 2.85. The van der Waals surface area contributed by atoms with Crippen LogP contribution in [0.15, 0.2) is 18.2 Å². The van der Waals surface area contributed by atoms with Crippen molar-refractivity contribution in [1.29, 1.82) is 0 Å². The number of hydrogen-bond donors (Lipinski definition) is 1. The minimum absolute atomic E-state index is 0.0344. The van der Waals surface area contributed by atoms with Gasteiger partial charge in [0.05, 0.1) is 10.0 Å². The molecule has 0 aliphatic carbocycles. The van der Waals surface area contributed by atoms with E-state index in [0.29, 0.717) is 22.3 Å². The average Bonchev–Trinajstić information content (AvgIpc) is 2.36. The van der Waals surface area contributed by atoms with Gasteiger partial charge in [0, 0.05) is 19.2 Å². The molecule has 0 aromatic heterocycles. The third-order valence-electron chi connectivity index (χ3n) is 2.47. The molecule has 0 spiro atoms. The van der Waals surface area contributed by atoms with E-state index in [9.17, 15) is 9.59 Å². The molecule has 2 amide bonds. The number of benzene rings is 1. The predicted octanol–water partition coefficient (Wildman–Crippen LogP) is 2.87. The first-order valence-electron chi connectivity index (χ1n) is 5.95. The Labute approximate surface area is 122 Å². The number of anilines is 1. The van der Waals surface area contributed by atoms with Crippen molar-refractivity contribution in [2.24, 2.45) is 0 Å². The molecule has 0 saturated heterocycles. The summed E-state index contributed by atoms with van der Waals surface area (Å²) in [6.07, 6.45) is 0.846. The molecular weight excluding hydrogens is 287 g/mol. The average molecular weight is 303 g/mol. The van der Waals surface area contributed by atoms with Crippen LogP contribution in [0.2, 0.25) is 10.0 Å². The summed E-state index contributed by atoms with van der Waals surface area (Å²) in [5, 5.41) is 3.48. The highest BCUT2D eigenvalue weighted by Gasteiger charge is 2.16. The van der Waals surface area contributed by atoms with E-state index in [2.05, 4.69) is 5.32 Å². The molecule has 0 unspecified atom stereocenters. The van der Waals surface area contributed by atoms with Crippen LogP contribution in [0, 0.1) is 0 Å². The van der Waals surface area contributed by atoms with Gasteiger partial charge in [0.15, 0.2) is 0 Å². The SMILES string of the molecule is CCCNC(=O)CN(C(C)=O)c1ccc(Cl)c(Cl)c1. The molecule has 1 aromatic carbocycles. The Morgan fingerprint density at radius 1 is 1.26 bits per heavy atom. The molecule has 1 rings (SSSR count). The lowest BCUT2D eigenvalue weighted by Gasteiger charge is -2.21. The van der Waals surface area contributed by atoms with Gasteiger partial charge >= 0.3 is 0 Å². The fraction of sp³-hybridized carbons (Fsp3) is 0.385. The van der Waals surface area contributed by atoms with E-state index in [-0.39, 0.29) is 18.4 Å². The molecule has 6 heteroatoms. The standard InChI is InChI=1S/C13H16Cl2N2O2/c1-3-6-16-13(19)8-17(9(2)18)10-4-5-11(14)12(15)7-10/h4-5,7H,3,6,8H2,1-2H3,(H,16,19). The van der Waals surface area contributed by atoms with Crippen LogP contribution in [0.25, 0.3) is 0 Å². The molecule has 0 heterocycles. The normalized spacial score (nSPS) is 10.1. The molecule has 19 heavy (non-hydrogen) atoms. The lowest BCUT2D eigenvalue weighted by molar-refractivity contribution is -0.123. The second-order valence-electron chi connectivity index (χ2n) is 4.05. The monoisotopic (exact) mass is 302 g/mol. The van der Waals surface area contributed by atoms with Crippen LogP contribution < -0.4 is 10.2 Å². The number of nitrogens with zero attached hydrogens (tertiary/aromatic N) is 1. The van der Waals surface area contributed by atoms with Crippen LogP contribution in [-0.2, 0) is 9.59 Å². The Bertz CT molecular complexity index is 478. The third-order valence-corrected chi connectivity index (χ3v) is 3.21. The topological polar surface area (TPSA) is 49.4 Å². The highest BCUT2D eigenvalue weighted by Crippen LogP contribution is 2.27. The number of rotatable bonds is 5. The molecule has 0 aliphatic heterocycles. The Morgan fingerprint density at radius 2 is 1.95 bits per heavy atom. The Kier molecular flexibility index (Phi) is 6.12. The molecule has 0 saturated carbocycles. The molecule has 104 valence electrons. The van der Waals surface area contributed by atoms with Gasteiger partial charge in [-0.2, -0.15) is 0 Å². The highest BCUT2D eigenvalue weighted by molar-refractivity contribution is 6.42. The smallest absolute Gasteiger partial charge is 0.240 e. The fourth-order valence-corrected chi connectivity index (χ4v) is 1.79. The molecule has 0 atom stereocenters. The number of carbonyl (C=O) groups is 2. The van der Waals surface area contributed by atoms with E-state index in [4.69, 9.17) is 23.2 Å². The van der Waals surface area contributed by atoms with Gasteiger partial charge in [-0.3, -0.25) is 9.59 Å². The first kappa shape index (κ1) is 15.8. The van der Waals surface area contributed by atoms with Crippen molar-refractivity contribution < 1.29 is 9.59 Å². The minimum Gasteiger partial charge on any atom is -0.355 e.